The highest BCUT2D eigenvalue weighted by molar-refractivity contribution is 5.09. The van der Waals surface area contributed by atoms with Gasteiger partial charge in [0.15, 0.2) is 0 Å². The van der Waals surface area contributed by atoms with Crippen molar-refractivity contribution >= 4 is 0 Å². The summed E-state index contributed by atoms with van der Waals surface area (Å²) in [6.07, 6.45) is 1.30. The minimum Gasteiger partial charge on any atom is -0.305 e. The fourth-order valence-electron chi connectivity index (χ4n) is 14.1. The molecule has 0 amide bonds. The van der Waals surface area contributed by atoms with Crippen molar-refractivity contribution in [3.63, 3.8) is 0 Å². The number of rotatable bonds is 6. The maximum atomic E-state index is 2.72. The van der Waals surface area contributed by atoms with Gasteiger partial charge in [-0.1, -0.05) is 125 Å². The molecule has 12 heteroatoms. The SMILES string of the molecule is CN1CCCN(C(C)(C)C(C)(C)C)CC1.CN1CCN(C(C)(C)C(C)(C)C)CC1.CN1C[C@@H]2CN(C(C)(C)C(C)(C)C)C[C@@H]21.CN1C[C@H]2CN(C(C)(C)C(C)(C)C)[C@H]2C1.C[C@@H]1CN(C)CCN1C(C)(C)C(C)(C)C.C[C@H]1CN(C(C)(C)C(C)(C)C)CCN1C. The van der Waals surface area contributed by atoms with Crippen molar-refractivity contribution in [2.45, 2.75) is 285 Å². The maximum absolute atomic E-state index is 2.72. The van der Waals surface area contributed by atoms with Crippen LogP contribution in [0.3, 0.4) is 0 Å². The number of hydrogen-bond donors (Lipinski definition) is 0. The quantitative estimate of drug-likeness (QED) is 0.254. The van der Waals surface area contributed by atoms with Crippen molar-refractivity contribution in [1.82, 2.24) is 58.8 Å². The lowest BCUT2D eigenvalue weighted by Crippen LogP contribution is -2.67. The summed E-state index contributed by atoms with van der Waals surface area (Å²) in [4.78, 5) is 30.8. The van der Waals surface area contributed by atoms with Gasteiger partial charge in [0.05, 0.1) is 0 Å². The Morgan fingerprint density at radius 1 is 0.225 bits per heavy atom. The summed E-state index contributed by atoms with van der Waals surface area (Å²) in [5.74, 6) is 1.88. The van der Waals surface area contributed by atoms with Crippen LogP contribution in [0.2, 0.25) is 0 Å². The van der Waals surface area contributed by atoms with Gasteiger partial charge in [-0.15, -0.1) is 0 Å². The lowest BCUT2D eigenvalue weighted by Gasteiger charge is -2.58. The summed E-state index contributed by atoms with van der Waals surface area (Å²) in [5.41, 5.74) is 3.85. The molecule has 8 saturated heterocycles. The van der Waals surface area contributed by atoms with E-state index in [0.29, 0.717) is 61.2 Å². The first-order valence-electron chi connectivity index (χ1n) is 36.5. The van der Waals surface area contributed by atoms with Crippen LogP contribution in [0.1, 0.15) is 228 Å². The second-order valence-corrected chi connectivity index (χ2v) is 39.7. The average Bonchev–Trinajstić information content (AvgIpc) is 1.74. The van der Waals surface area contributed by atoms with Gasteiger partial charge in [-0.25, -0.2) is 0 Å². The van der Waals surface area contributed by atoms with Gasteiger partial charge in [-0.2, -0.15) is 0 Å². The van der Waals surface area contributed by atoms with Crippen LogP contribution in [0.25, 0.3) is 0 Å². The molecule has 0 spiro atoms. The Balaban J connectivity index is 0.000000279. The molecule has 89 heavy (non-hydrogen) atoms. The van der Waals surface area contributed by atoms with Gasteiger partial charge in [-0.05, 0) is 191 Å². The molecule has 0 aromatic rings. The molecule has 0 aromatic carbocycles. The van der Waals surface area contributed by atoms with Crippen LogP contribution in [0, 0.1) is 44.3 Å². The van der Waals surface area contributed by atoms with Gasteiger partial charge >= 0.3 is 0 Å². The molecule has 530 valence electrons. The first-order chi connectivity index (χ1) is 39.8. The molecule has 0 unspecified atom stereocenters. The zero-order valence-corrected chi connectivity index (χ0v) is 67.7. The summed E-state index contributed by atoms with van der Waals surface area (Å²) in [5, 5.41) is 0. The Bertz CT molecular complexity index is 1970. The molecule has 12 nitrogen and oxygen atoms in total. The Morgan fingerprint density at radius 2 is 0.596 bits per heavy atom. The molecule has 6 atom stereocenters. The minimum absolute atomic E-state index is 0.272. The summed E-state index contributed by atoms with van der Waals surface area (Å²) in [6, 6.07) is 3.01. The average molecular weight is 1260 g/mol. The summed E-state index contributed by atoms with van der Waals surface area (Å²) < 4.78 is 0. The molecule has 8 heterocycles. The zero-order valence-electron chi connectivity index (χ0n) is 67.7. The fourth-order valence-corrected chi connectivity index (χ4v) is 14.1. The second kappa shape index (κ2) is 30.5. The molecule has 8 rings (SSSR count). The largest absolute Gasteiger partial charge is 0.305 e. The maximum Gasteiger partial charge on any atom is 0.0281 e. The number of piperazine rings is 3. The van der Waals surface area contributed by atoms with Crippen molar-refractivity contribution in [2.75, 3.05) is 173 Å². The number of fused-ring (bicyclic) bond motifs is 2. The van der Waals surface area contributed by atoms with E-state index < -0.39 is 0 Å². The Labute approximate surface area is 559 Å². The van der Waals surface area contributed by atoms with Gasteiger partial charge in [0.2, 0.25) is 0 Å². The standard InChI is InChI=1S/2C13H26N2.3C13H28N2.C12H26N2/c1-12(2,3)13(4,5)15-8-10-7-14(6)11(10)9-15;1-12(2,3)13(4,5)15-8-10-7-14(6)9-11(10)15;1-11-10-15(9-8-14(11)7)13(5,6)12(2,3)4;1-11-10-14(7)8-9-15(11)13(5,6)12(2,3)4;1-12(2,3)13(4,5)15-9-7-8-14(6)10-11-15;1-11(2,3)12(4,5)14-9-7-13(6)8-10-14/h2*10-11H,7-9H2,1-6H3;2*11H,8-10H2,1-7H3;7-11H2,1-6H3;7-10H2,1-6H3/t10-,11+;10-,11-;2*11-;;/m1001../s1. The van der Waals surface area contributed by atoms with E-state index in [-0.39, 0.29) is 16.6 Å². The topological polar surface area (TPSA) is 38.9 Å². The lowest BCUT2D eigenvalue weighted by molar-refractivity contribution is -0.0863. The molecule has 0 bridgehead atoms. The van der Waals surface area contributed by atoms with Crippen molar-refractivity contribution in [3.05, 3.63) is 0 Å². The summed E-state index contributed by atoms with van der Waals surface area (Å²) >= 11 is 0. The smallest absolute Gasteiger partial charge is 0.0281 e. The predicted molar refractivity (Wildman–Crippen MR) is 394 cm³/mol. The van der Waals surface area contributed by atoms with Crippen LogP contribution in [0.4, 0.5) is 0 Å². The first-order valence-corrected chi connectivity index (χ1v) is 36.5. The third-order valence-corrected chi connectivity index (χ3v) is 27.5. The van der Waals surface area contributed by atoms with Crippen LogP contribution in [-0.2, 0) is 0 Å². The molecular weight excluding hydrogens is 1090 g/mol. The molecule has 0 aromatic heterocycles. The zero-order chi connectivity index (χ0) is 69.2. The Kier molecular flexibility index (Phi) is 28.4. The first kappa shape index (κ1) is 82.7. The van der Waals surface area contributed by atoms with E-state index in [0.717, 1.165) is 23.9 Å². The minimum atomic E-state index is 0.272. The fraction of sp³-hybridized carbons (Fsp3) is 1.00. The highest BCUT2D eigenvalue weighted by Gasteiger charge is 2.54. The van der Waals surface area contributed by atoms with E-state index in [9.17, 15) is 0 Å². The van der Waals surface area contributed by atoms with Crippen molar-refractivity contribution < 1.29 is 0 Å². The Hall–Kier alpha value is -0.480. The van der Waals surface area contributed by atoms with E-state index in [1.165, 1.54) is 137 Å². The van der Waals surface area contributed by atoms with Crippen LogP contribution in [-0.4, -0.2) is 289 Å². The van der Waals surface area contributed by atoms with E-state index in [2.05, 4.69) is 323 Å². The van der Waals surface area contributed by atoms with Crippen LogP contribution >= 0.6 is 0 Å². The number of likely N-dealkylation sites (N-methyl/N-ethyl adjacent to an activating group) is 6. The van der Waals surface area contributed by atoms with Gasteiger partial charge in [-0.3, -0.25) is 29.4 Å². The molecule has 8 aliphatic rings. The number of likely N-dealkylation sites (tertiary alicyclic amines) is 4. The molecule has 8 aliphatic heterocycles. The molecule has 0 aliphatic carbocycles. The van der Waals surface area contributed by atoms with Crippen LogP contribution in [0.15, 0.2) is 0 Å². The number of hydrogen-bond acceptors (Lipinski definition) is 12. The molecule has 0 N–H and O–H groups in total. The molecular formula is C77H162N12. The normalized spacial score (nSPS) is 28.0. The highest BCUT2D eigenvalue weighted by atomic mass is 15.4. The van der Waals surface area contributed by atoms with E-state index >= 15 is 0 Å². The summed E-state index contributed by atoms with van der Waals surface area (Å²) in [7, 11) is 13.4. The summed E-state index contributed by atoms with van der Waals surface area (Å²) in [6.45, 7) is 100. The molecule has 0 saturated carbocycles. The van der Waals surface area contributed by atoms with Crippen molar-refractivity contribution in [3.8, 4) is 0 Å². The molecule has 8 fully saturated rings. The highest BCUT2D eigenvalue weighted by Crippen LogP contribution is 2.46. The molecule has 0 radical (unpaired) electrons. The van der Waals surface area contributed by atoms with Crippen molar-refractivity contribution in [1.29, 1.82) is 0 Å². The van der Waals surface area contributed by atoms with E-state index in [1.807, 2.05) is 0 Å². The van der Waals surface area contributed by atoms with Crippen LogP contribution in [0.5, 0.6) is 0 Å². The van der Waals surface area contributed by atoms with E-state index in [4.69, 9.17) is 0 Å². The lowest BCUT2D eigenvalue weighted by atomic mass is 9.71. The van der Waals surface area contributed by atoms with Crippen LogP contribution < -0.4 is 0 Å². The van der Waals surface area contributed by atoms with Gasteiger partial charge in [0.1, 0.15) is 0 Å². The number of nitrogens with zero attached hydrogens (tertiary/aromatic N) is 12. The third kappa shape index (κ3) is 20.5. The van der Waals surface area contributed by atoms with Gasteiger partial charge in [0.25, 0.3) is 0 Å². The van der Waals surface area contributed by atoms with E-state index in [1.54, 1.807) is 0 Å². The third-order valence-electron chi connectivity index (χ3n) is 27.5. The monoisotopic (exact) mass is 1260 g/mol. The predicted octanol–water partition coefficient (Wildman–Crippen LogP) is 13.5. The second-order valence-electron chi connectivity index (χ2n) is 39.7. The Morgan fingerprint density at radius 3 is 0.989 bits per heavy atom. The van der Waals surface area contributed by atoms with Gasteiger partial charge in [0, 0.05) is 187 Å². The van der Waals surface area contributed by atoms with Gasteiger partial charge < -0.3 is 29.4 Å². The van der Waals surface area contributed by atoms with Crippen molar-refractivity contribution in [2.24, 2.45) is 44.3 Å².